The van der Waals surface area contributed by atoms with Gasteiger partial charge in [0.1, 0.15) is 11.4 Å². The number of ether oxygens (including phenoxy) is 1. The maximum Gasteiger partial charge on any atom is 0.343 e. The van der Waals surface area contributed by atoms with Crippen LogP contribution in [0.5, 0.6) is 0 Å². The molecule has 0 bridgehead atoms. The van der Waals surface area contributed by atoms with Gasteiger partial charge >= 0.3 is 5.97 Å². The molecule has 7 heteroatoms. The summed E-state index contributed by atoms with van der Waals surface area (Å²) in [6.45, 7) is 0.793. The highest BCUT2D eigenvalue weighted by Gasteiger charge is 2.24. The van der Waals surface area contributed by atoms with Crippen molar-refractivity contribution in [2.75, 3.05) is 13.2 Å². The van der Waals surface area contributed by atoms with Gasteiger partial charge in [-0.3, -0.25) is 9.48 Å². The number of nitrogens with one attached hydrogen (secondary N) is 1. The minimum Gasteiger partial charge on any atom is -0.462 e. The topological polar surface area (TPSA) is 78.2 Å². The van der Waals surface area contributed by atoms with E-state index in [2.05, 4.69) is 10.4 Å². The molecule has 1 amide bonds. The summed E-state index contributed by atoms with van der Waals surface area (Å²) in [4.78, 5) is 23.3. The van der Waals surface area contributed by atoms with Gasteiger partial charge in [0.15, 0.2) is 0 Å². The molecular formula is C14H16N4O3. The maximum absolute atomic E-state index is 12.2. The molecule has 2 aromatic heterocycles. The van der Waals surface area contributed by atoms with Gasteiger partial charge in [0.25, 0.3) is 0 Å². The Balaban J connectivity index is 1.72. The van der Waals surface area contributed by atoms with E-state index in [9.17, 15) is 9.59 Å². The van der Waals surface area contributed by atoms with Gasteiger partial charge in [0, 0.05) is 38.3 Å². The van der Waals surface area contributed by atoms with Gasteiger partial charge in [0.05, 0.1) is 12.8 Å². The van der Waals surface area contributed by atoms with Crippen molar-refractivity contribution in [3.05, 3.63) is 36.3 Å². The minimum atomic E-state index is -0.425. The number of rotatable bonds is 4. The number of hydrogen-bond acceptors (Lipinski definition) is 4. The summed E-state index contributed by atoms with van der Waals surface area (Å²) >= 11 is 0. The third-order valence-corrected chi connectivity index (χ3v) is 3.49. The number of aryl methyl sites for hydroxylation is 1. The van der Waals surface area contributed by atoms with Crippen molar-refractivity contribution in [1.82, 2.24) is 19.7 Å². The van der Waals surface area contributed by atoms with Crippen LogP contribution in [0, 0.1) is 5.92 Å². The first kappa shape index (κ1) is 13.4. The predicted octanol–water partition coefficient (Wildman–Crippen LogP) is 0.504. The zero-order valence-corrected chi connectivity index (χ0v) is 11.7. The number of amides is 1. The summed E-state index contributed by atoms with van der Waals surface area (Å²) in [6, 6.07) is 3.75. The lowest BCUT2D eigenvalue weighted by molar-refractivity contribution is -0.119. The second kappa shape index (κ2) is 5.43. The number of esters is 1. The molecule has 0 radical (unpaired) electrons. The van der Waals surface area contributed by atoms with Crippen LogP contribution in [0.2, 0.25) is 0 Å². The summed E-state index contributed by atoms with van der Waals surface area (Å²) in [5, 5.41) is 6.83. The molecule has 1 N–H and O–H groups in total. The van der Waals surface area contributed by atoms with E-state index in [-0.39, 0.29) is 18.4 Å². The minimum absolute atomic E-state index is 0.00505. The second-order valence-electron chi connectivity index (χ2n) is 5.07. The Kier molecular flexibility index (Phi) is 3.47. The first-order valence-corrected chi connectivity index (χ1v) is 6.74. The summed E-state index contributed by atoms with van der Waals surface area (Å²) in [7, 11) is 1.77. The Morgan fingerprint density at radius 2 is 2.24 bits per heavy atom. The van der Waals surface area contributed by atoms with E-state index < -0.39 is 5.97 Å². The molecule has 3 heterocycles. The lowest BCUT2D eigenvalue weighted by Crippen LogP contribution is -2.18. The van der Waals surface area contributed by atoms with Crippen molar-refractivity contribution in [3.8, 4) is 5.82 Å². The van der Waals surface area contributed by atoms with E-state index in [0.29, 0.717) is 24.3 Å². The third-order valence-electron chi connectivity index (χ3n) is 3.49. The molecule has 1 aliphatic rings. The number of carbonyl (C=O) groups is 2. The zero-order valence-electron chi connectivity index (χ0n) is 11.7. The number of carbonyl (C=O) groups excluding carboxylic acids is 2. The van der Waals surface area contributed by atoms with Crippen molar-refractivity contribution >= 4 is 11.9 Å². The monoisotopic (exact) mass is 288 g/mol. The quantitative estimate of drug-likeness (QED) is 0.831. The fourth-order valence-corrected chi connectivity index (χ4v) is 2.41. The maximum atomic E-state index is 12.2. The molecule has 1 aliphatic heterocycles. The Hall–Kier alpha value is -2.57. The molecular weight excluding hydrogens is 272 g/mol. The van der Waals surface area contributed by atoms with Gasteiger partial charge in [-0.2, -0.15) is 5.10 Å². The summed E-state index contributed by atoms with van der Waals surface area (Å²) in [6.07, 6.45) is 5.58. The molecule has 1 saturated heterocycles. The highest BCUT2D eigenvalue weighted by molar-refractivity contribution is 5.92. The number of aromatic nitrogens is 3. The van der Waals surface area contributed by atoms with Crippen molar-refractivity contribution < 1.29 is 14.3 Å². The van der Waals surface area contributed by atoms with Crippen LogP contribution in [0.3, 0.4) is 0 Å². The van der Waals surface area contributed by atoms with Crippen LogP contribution in [-0.4, -0.2) is 39.4 Å². The van der Waals surface area contributed by atoms with Gasteiger partial charge in [0.2, 0.25) is 5.91 Å². The summed E-state index contributed by atoms with van der Waals surface area (Å²) < 4.78 is 8.75. The van der Waals surface area contributed by atoms with Crippen LogP contribution < -0.4 is 5.32 Å². The molecule has 7 nitrogen and oxygen atoms in total. The molecule has 0 aliphatic carbocycles. The Morgan fingerprint density at radius 3 is 2.90 bits per heavy atom. The average molecular weight is 288 g/mol. The third kappa shape index (κ3) is 2.67. The molecule has 21 heavy (non-hydrogen) atoms. The lowest BCUT2D eigenvalue weighted by atomic mass is 10.1. The van der Waals surface area contributed by atoms with Gasteiger partial charge < -0.3 is 14.6 Å². The van der Waals surface area contributed by atoms with Crippen LogP contribution in [-0.2, 0) is 16.6 Å². The van der Waals surface area contributed by atoms with E-state index in [1.807, 2.05) is 29.1 Å². The Morgan fingerprint density at radius 1 is 1.48 bits per heavy atom. The normalized spacial score (nSPS) is 17.8. The first-order chi connectivity index (χ1) is 10.1. The molecule has 2 aromatic rings. The first-order valence-electron chi connectivity index (χ1n) is 6.74. The van der Waals surface area contributed by atoms with Crippen LogP contribution in [0.1, 0.15) is 16.8 Å². The molecule has 1 fully saturated rings. The molecule has 1 atom stereocenters. The lowest BCUT2D eigenvalue weighted by Gasteiger charge is -2.10. The fourth-order valence-electron chi connectivity index (χ4n) is 2.41. The van der Waals surface area contributed by atoms with Gasteiger partial charge in [-0.15, -0.1) is 0 Å². The van der Waals surface area contributed by atoms with E-state index in [1.165, 1.54) is 6.20 Å². The highest BCUT2D eigenvalue weighted by Crippen LogP contribution is 2.16. The SMILES string of the molecule is Cn1ncc(C(=O)OCC2CNC(=O)C2)c1-n1cccc1. The van der Waals surface area contributed by atoms with Crippen LogP contribution in [0.25, 0.3) is 5.82 Å². The van der Waals surface area contributed by atoms with E-state index in [1.54, 1.807) is 11.7 Å². The van der Waals surface area contributed by atoms with Crippen molar-refractivity contribution in [3.63, 3.8) is 0 Å². The van der Waals surface area contributed by atoms with Crippen LogP contribution in [0.15, 0.2) is 30.7 Å². The van der Waals surface area contributed by atoms with Crippen LogP contribution in [0.4, 0.5) is 0 Å². The molecule has 0 aromatic carbocycles. The average Bonchev–Trinajstić information content (AvgIpc) is 3.16. The van der Waals surface area contributed by atoms with E-state index >= 15 is 0 Å². The number of hydrogen-bond donors (Lipinski definition) is 1. The van der Waals surface area contributed by atoms with Crippen molar-refractivity contribution in [1.29, 1.82) is 0 Å². The largest absolute Gasteiger partial charge is 0.462 e. The smallest absolute Gasteiger partial charge is 0.343 e. The van der Waals surface area contributed by atoms with Gasteiger partial charge in [-0.25, -0.2) is 4.79 Å². The Bertz CT molecular complexity index is 660. The molecule has 0 saturated carbocycles. The molecule has 0 spiro atoms. The summed E-state index contributed by atoms with van der Waals surface area (Å²) in [5.74, 6) is 0.287. The fraction of sp³-hybridized carbons (Fsp3) is 0.357. The number of nitrogens with zero attached hydrogens (tertiary/aromatic N) is 3. The van der Waals surface area contributed by atoms with E-state index in [0.717, 1.165) is 0 Å². The highest BCUT2D eigenvalue weighted by atomic mass is 16.5. The Labute approximate surface area is 121 Å². The van der Waals surface area contributed by atoms with Crippen molar-refractivity contribution in [2.24, 2.45) is 13.0 Å². The van der Waals surface area contributed by atoms with Crippen molar-refractivity contribution in [2.45, 2.75) is 6.42 Å². The second-order valence-corrected chi connectivity index (χ2v) is 5.07. The standard InChI is InChI=1S/C14H16N4O3/c1-17-13(18-4-2-3-5-18)11(8-16-17)14(20)21-9-10-6-12(19)15-7-10/h2-5,8,10H,6-7,9H2,1H3,(H,15,19). The zero-order chi connectivity index (χ0) is 14.8. The van der Waals surface area contributed by atoms with Crippen LogP contribution >= 0.6 is 0 Å². The molecule has 1 unspecified atom stereocenters. The summed E-state index contributed by atoms with van der Waals surface area (Å²) in [5.41, 5.74) is 0.408. The van der Waals surface area contributed by atoms with Gasteiger partial charge in [-0.1, -0.05) is 0 Å². The van der Waals surface area contributed by atoms with Gasteiger partial charge in [-0.05, 0) is 12.1 Å². The molecule has 3 rings (SSSR count). The predicted molar refractivity (Wildman–Crippen MR) is 73.9 cm³/mol. The van der Waals surface area contributed by atoms with E-state index in [4.69, 9.17) is 4.74 Å². The molecule has 110 valence electrons.